The van der Waals surface area contributed by atoms with Gasteiger partial charge < -0.3 is 9.47 Å². The highest BCUT2D eigenvalue weighted by atomic mass is 31.1. The molecular weight excluding hydrogens is 275 g/mol. The lowest BCUT2D eigenvalue weighted by Gasteiger charge is -2.04. The molecule has 0 saturated heterocycles. The van der Waals surface area contributed by atoms with Crippen LogP contribution in [0.4, 0.5) is 0 Å². The zero-order valence-corrected chi connectivity index (χ0v) is 14.1. The second kappa shape index (κ2) is 13.5. The van der Waals surface area contributed by atoms with Crippen molar-refractivity contribution in [3.05, 3.63) is 0 Å². The van der Waals surface area contributed by atoms with E-state index in [2.05, 4.69) is 13.8 Å². The Morgan fingerprint density at radius 2 is 1.65 bits per heavy atom. The van der Waals surface area contributed by atoms with Crippen LogP contribution >= 0.6 is 7.80 Å². The summed E-state index contributed by atoms with van der Waals surface area (Å²) < 4.78 is 22.5. The molecule has 4 nitrogen and oxygen atoms in total. The van der Waals surface area contributed by atoms with E-state index in [0.717, 1.165) is 38.5 Å². The molecule has 0 aromatic carbocycles. The van der Waals surface area contributed by atoms with Gasteiger partial charge in [-0.05, 0) is 12.8 Å². The number of ether oxygens (including phenoxy) is 2. The SMILES string of the molecule is CCCCCOC(=O)CC[P+](=O)C(C)OCCCCC. The van der Waals surface area contributed by atoms with Gasteiger partial charge in [0.25, 0.3) is 5.85 Å². The van der Waals surface area contributed by atoms with Crippen molar-refractivity contribution in [2.24, 2.45) is 0 Å². The second-order valence-corrected chi connectivity index (χ2v) is 7.00. The molecule has 0 bridgehead atoms. The molecule has 0 amide bonds. The van der Waals surface area contributed by atoms with Crippen LogP contribution in [0.2, 0.25) is 0 Å². The van der Waals surface area contributed by atoms with E-state index in [1.807, 2.05) is 6.92 Å². The molecule has 0 rings (SSSR count). The third-order valence-corrected chi connectivity index (χ3v) is 4.68. The summed E-state index contributed by atoms with van der Waals surface area (Å²) in [6.45, 7) is 7.19. The number of esters is 1. The number of unbranched alkanes of at least 4 members (excludes halogenated alkanes) is 4. The fourth-order valence-corrected chi connectivity index (χ4v) is 2.72. The average molecular weight is 305 g/mol. The minimum absolute atomic E-state index is 0.226. The van der Waals surface area contributed by atoms with E-state index in [1.54, 1.807) is 0 Å². The Kier molecular flexibility index (Phi) is 13.2. The first-order chi connectivity index (χ1) is 9.61. The monoisotopic (exact) mass is 305 g/mol. The normalized spacial score (nSPS) is 13.1. The Balaban J connectivity index is 3.61. The molecule has 0 fully saturated rings. The van der Waals surface area contributed by atoms with Crippen molar-refractivity contribution < 1.29 is 18.8 Å². The molecule has 0 aliphatic carbocycles. The zero-order chi connectivity index (χ0) is 15.2. The van der Waals surface area contributed by atoms with Crippen LogP contribution in [0.15, 0.2) is 0 Å². The lowest BCUT2D eigenvalue weighted by atomic mass is 10.3. The Bertz CT molecular complexity index is 269. The predicted molar refractivity (Wildman–Crippen MR) is 82.5 cm³/mol. The Labute approximate surface area is 124 Å². The number of hydrogen-bond donors (Lipinski definition) is 0. The first kappa shape index (κ1) is 19.5. The summed E-state index contributed by atoms with van der Waals surface area (Å²) in [7, 11) is -1.49. The van der Waals surface area contributed by atoms with Crippen LogP contribution in [0.3, 0.4) is 0 Å². The van der Waals surface area contributed by atoms with Crippen molar-refractivity contribution in [3.63, 3.8) is 0 Å². The Hall–Kier alpha value is -0.470. The number of carbonyl (C=O) groups excluding carboxylic acids is 1. The molecule has 0 spiro atoms. The van der Waals surface area contributed by atoms with Crippen molar-refractivity contribution >= 4 is 13.8 Å². The van der Waals surface area contributed by atoms with Gasteiger partial charge in [-0.2, -0.15) is 0 Å². The van der Waals surface area contributed by atoms with Gasteiger partial charge in [0, 0.05) is 6.92 Å². The van der Waals surface area contributed by atoms with E-state index in [4.69, 9.17) is 9.47 Å². The molecule has 0 aliphatic heterocycles. The van der Waals surface area contributed by atoms with E-state index < -0.39 is 7.80 Å². The fraction of sp³-hybridized carbons (Fsp3) is 0.933. The fourth-order valence-electron chi connectivity index (χ4n) is 1.68. The van der Waals surface area contributed by atoms with Crippen molar-refractivity contribution in [2.75, 3.05) is 19.4 Å². The summed E-state index contributed by atoms with van der Waals surface area (Å²) in [4.78, 5) is 11.4. The van der Waals surface area contributed by atoms with Crippen molar-refractivity contribution in [1.29, 1.82) is 0 Å². The van der Waals surface area contributed by atoms with Gasteiger partial charge in [0.1, 0.15) is 0 Å². The van der Waals surface area contributed by atoms with E-state index in [1.165, 1.54) is 0 Å². The summed E-state index contributed by atoms with van der Waals surface area (Å²) in [6, 6.07) is 0. The van der Waals surface area contributed by atoms with Crippen LogP contribution in [0, 0.1) is 0 Å². The molecule has 0 N–H and O–H groups in total. The maximum Gasteiger partial charge on any atom is 0.370 e. The number of hydrogen-bond acceptors (Lipinski definition) is 4. The third kappa shape index (κ3) is 11.4. The summed E-state index contributed by atoms with van der Waals surface area (Å²) in [6.07, 6.45) is 6.96. The Morgan fingerprint density at radius 3 is 2.25 bits per heavy atom. The first-order valence-electron chi connectivity index (χ1n) is 7.82. The van der Waals surface area contributed by atoms with Gasteiger partial charge in [0.15, 0.2) is 6.16 Å². The maximum absolute atomic E-state index is 11.9. The summed E-state index contributed by atoms with van der Waals surface area (Å²) >= 11 is 0. The van der Waals surface area contributed by atoms with Gasteiger partial charge >= 0.3 is 13.8 Å². The molecule has 2 unspecified atom stereocenters. The Morgan fingerprint density at radius 1 is 1.05 bits per heavy atom. The molecular formula is C15H30O4P+. The van der Waals surface area contributed by atoms with Gasteiger partial charge in [0.05, 0.1) is 19.6 Å². The molecule has 0 aromatic heterocycles. The summed E-state index contributed by atoms with van der Waals surface area (Å²) in [5.74, 6) is -0.516. The molecule has 5 heteroatoms. The molecule has 0 aromatic rings. The zero-order valence-electron chi connectivity index (χ0n) is 13.2. The van der Waals surface area contributed by atoms with Crippen LogP contribution in [0.5, 0.6) is 0 Å². The smallest absolute Gasteiger partial charge is 0.370 e. The van der Waals surface area contributed by atoms with Crippen molar-refractivity contribution in [3.8, 4) is 0 Å². The van der Waals surface area contributed by atoms with Crippen LogP contribution in [0.25, 0.3) is 0 Å². The van der Waals surface area contributed by atoms with Crippen LogP contribution in [-0.2, 0) is 18.8 Å². The van der Waals surface area contributed by atoms with Crippen LogP contribution in [-0.4, -0.2) is 31.2 Å². The van der Waals surface area contributed by atoms with Crippen molar-refractivity contribution in [2.45, 2.75) is 71.6 Å². The molecule has 118 valence electrons. The van der Waals surface area contributed by atoms with E-state index in [9.17, 15) is 9.36 Å². The predicted octanol–water partition coefficient (Wildman–Crippen LogP) is 4.49. The lowest BCUT2D eigenvalue weighted by molar-refractivity contribution is -0.143. The van der Waals surface area contributed by atoms with Gasteiger partial charge in [-0.3, -0.25) is 4.79 Å². The highest BCUT2D eigenvalue weighted by Crippen LogP contribution is 2.29. The highest BCUT2D eigenvalue weighted by molar-refractivity contribution is 7.45. The molecule has 0 saturated carbocycles. The van der Waals surface area contributed by atoms with Gasteiger partial charge in [-0.25, -0.2) is 0 Å². The largest absolute Gasteiger partial charge is 0.466 e. The van der Waals surface area contributed by atoms with E-state index in [-0.39, 0.29) is 18.2 Å². The number of rotatable bonds is 13. The third-order valence-electron chi connectivity index (χ3n) is 3.06. The van der Waals surface area contributed by atoms with Gasteiger partial charge in [0.2, 0.25) is 0 Å². The second-order valence-electron chi connectivity index (χ2n) is 5.00. The molecule has 0 aliphatic rings. The van der Waals surface area contributed by atoms with Crippen LogP contribution < -0.4 is 0 Å². The summed E-state index contributed by atoms with van der Waals surface area (Å²) in [5.41, 5.74) is 0. The minimum Gasteiger partial charge on any atom is -0.466 e. The van der Waals surface area contributed by atoms with Crippen LogP contribution in [0.1, 0.15) is 65.7 Å². The summed E-state index contributed by atoms with van der Waals surface area (Å²) in [5, 5.41) is 0. The maximum atomic E-state index is 11.9. The topological polar surface area (TPSA) is 52.6 Å². The minimum atomic E-state index is -1.49. The molecule has 0 radical (unpaired) electrons. The van der Waals surface area contributed by atoms with E-state index >= 15 is 0 Å². The molecule has 0 heterocycles. The van der Waals surface area contributed by atoms with Gasteiger partial charge in [-0.15, -0.1) is 0 Å². The molecule has 20 heavy (non-hydrogen) atoms. The molecule has 2 atom stereocenters. The quantitative estimate of drug-likeness (QED) is 0.286. The van der Waals surface area contributed by atoms with Crippen molar-refractivity contribution in [1.82, 2.24) is 0 Å². The lowest BCUT2D eigenvalue weighted by Crippen LogP contribution is -2.10. The first-order valence-corrected chi connectivity index (χ1v) is 9.34. The average Bonchev–Trinajstić information content (AvgIpc) is 2.45. The van der Waals surface area contributed by atoms with E-state index in [0.29, 0.717) is 19.4 Å². The standard InChI is InChI=1S/C15H30O4P/c1-4-6-8-11-18-14(3)20(17)13-10-15(16)19-12-9-7-5-2/h14H,4-13H2,1-3H3/q+1. The highest BCUT2D eigenvalue weighted by Gasteiger charge is 2.27. The van der Waals surface area contributed by atoms with Gasteiger partial charge in [-0.1, -0.05) is 44.1 Å². The number of carbonyl (C=O) groups is 1.